The Balaban J connectivity index is 1.49. The molecule has 0 radical (unpaired) electrons. The Bertz CT molecular complexity index is 1270. The number of amides is 1. The zero-order valence-electron chi connectivity index (χ0n) is 19.9. The summed E-state index contributed by atoms with van der Waals surface area (Å²) in [7, 11) is 0. The number of hydrogen-bond donors (Lipinski definition) is 3. The Morgan fingerprint density at radius 3 is 2.39 bits per heavy atom. The van der Waals surface area contributed by atoms with Gasteiger partial charge >= 0.3 is 5.97 Å². The molecule has 2 aromatic heterocycles. The Labute approximate surface area is 209 Å². The molecule has 0 fully saturated rings. The number of nitrogens with one attached hydrogen (secondary N) is 2. The standard InChI is InChI=1S/C28H28N4O4/c1-2-36-28(35)26(33)17-22(16-19-11-13-21(14-12-19)20-8-4-3-5-9-20)30-27(34)25-18-24(31-32-25)23-10-6-7-15-29-23/h3-15,18,22,26,33H,2,16-17H2,1H3,(H,30,34)(H,31,32)/t22-,26-/m1/s1. The molecule has 1 amide bonds. The average molecular weight is 485 g/mol. The van der Waals surface area contributed by atoms with Crippen molar-refractivity contribution in [1.82, 2.24) is 20.5 Å². The van der Waals surface area contributed by atoms with Crippen LogP contribution in [0.1, 0.15) is 29.4 Å². The molecule has 0 aliphatic heterocycles. The van der Waals surface area contributed by atoms with Crippen LogP contribution in [0.2, 0.25) is 0 Å². The van der Waals surface area contributed by atoms with E-state index in [2.05, 4.69) is 20.5 Å². The van der Waals surface area contributed by atoms with Crippen LogP contribution < -0.4 is 5.32 Å². The third-order valence-corrected chi connectivity index (χ3v) is 5.69. The molecule has 4 rings (SSSR count). The minimum Gasteiger partial charge on any atom is -0.464 e. The minimum absolute atomic E-state index is 0.00620. The Morgan fingerprint density at radius 2 is 1.69 bits per heavy atom. The average Bonchev–Trinajstić information content (AvgIpc) is 3.41. The van der Waals surface area contributed by atoms with Gasteiger partial charge in [-0.15, -0.1) is 0 Å². The Kier molecular flexibility index (Phi) is 8.20. The van der Waals surface area contributed by atoms with E-state index in [1.54, 1.807) is 31.3 Å². The van der Waals surface area contributed by atoms with Gasteiger partial charge in [-0.05, 0) is 48.2 Å². The summed E-state index contributed by atoms with van der Waals surface area (Å²) < 4.78 is 4.94. The number of benzene rings is 2. The molecule has 184 valence electrons. The monoisotopic (exact) mass is 484 g/mol. The molecule has 8 nitrogen and oxygen atoms in total. The fourth-order valence-electron chi connectivity index (χ4n) is 3.89. The molecular formula is C28H28N4O4. The second-order valence-electron chi connectivity index (χ2n) is 8.32. The first kappa shape index (κ1) is 24.8. The Hall–Kier alpha value is -4.30. The van der Waals surface area contributed by atoms with E-state index in [0.717, 1.165) is 16.7 Å². The lowest BCUT2D eigenvalue weighted by molar-refractivity contribution is -0.153. The van der Waals surface area contributed by atoms with E-state index in [4.69, 9.17) is 4.74 Å². The summed E-state index contributed by atoms with van der Waals surface area (Å²) in [5, 5.41) is 20.2. The first-order valence-corrected chi connectivity index (χ1v) is 11.8. The van der Waals surface area contributed by atoms with Crippen molar-refractivity contribution in [3.05, 3.63) is 96.3 Å². The highest BCUT2D eigenvalue weighted by Crippen LogP contribution is 2.21. The maximum Gasteiger partial charge on any atom is 0.335 e. The molecule has 8 heteroatoms. The van der Waals surface area contributed by atoms with Crippen molar-refractivity contribution < 1.29 is 19.4 Å². The molecule has 36 heavy (non-hydrogen) atoms. The van der Waals surface area contributed by atoms with E-state index in [9.17, 15) is 14.7 Å². The van der Waals surface area contributed by atoms with Gasteiger partial charge in [0.25, 0.3) is 5.91 Å². The van der Waals surface area contributed by atoms with Crippen LogP contribution in [-0.4, -0.2) is 50.9 Å². The van der Waals surface area contributed by atoms with Crippen molar-refractivity contribution in [1.29, 1.82) is 0 Å². The predicted molar refractivity (Wildman–Crippen MR) is 136 cm³/mol. The largest absolute Gasteiger partial charge is 0.464 e. The van der Waals surface area contributed by atoms with Gasteiger partial charge in [-0.2, -0.15) is 5.10 Å². The summed E-state index contributed by atoms with van der Waals surface area (Å²) in [6.07, 6.45) is 0.717. The van der Waals surface area contributed by atoms with Crippen LogP contribution in [0.5, 0.6) is 0 Å². The summed E-state index contributed by atoms with van der Waals surface area (Å²) >= 11 is 0. The van der Waals surface area contributed by atoms with Crippen LogP contribution in [0, 0.1) is 0 Å². The number of pyridine rings is 1. The highest BCUT2D eigenvalue weighted by Gasteiger charge is 2.24. The van der Waals surface area contributed by atoms with Crippen LogP contribution in [0.15, 0.2) is 85.1 Å². The zero-order chi connectivity index (χ0) is 25.3. The minimum atomic E-state index is -1.36. The molecule has 0 aliphatic carbocycles. The molecule has 4 aromatic rings. The molecule has 2 atom stereocenters. The lowest BCUT2D eigenvalue weighted by Crippen LogP contribution is -2.41. The summed E-state index contributed by atoms with van der Waals surface area (Å²) in [4.78, 5) is 29.3. The summed E-state index contributed by atoms with van der Waals surface area (Å²) in [6.45, 7) is 1.84. The second kappa shape index (κ2) is 11.9. The van der Waals surface area contributed by atoms with Gasteiger partial charge in [0.1, 0.15) is 11.4 Å². The van der Waals surface area contributed by atoms with Crippen LogP contribution in [0.25, 0.3) is 22.5 Å². The third-order valence-electron chi connectivity index (χ3n) is 5.69. The molecule has 2 aromatic carbocycles. The SMILES string of the molecule is CCOC(=O)[C@H](O)C[C@@H](Cc1ccc(-c2ccccc2)cc1)NC(=O)c1cc(-c2ccccn2)n[nH]1. The smallest absolute Gasteiger partial charge is 0.335 e. The van der Waals surface area contributed by atoms with Gasteiger partial charge < -0.3 is 15.2 Å². The first-order valence-electron chi connectivity index (χ1n) is 11.8. The molecule has 0 saturated carbocycles. The molecule has 0 aliphatic rings. The number of aromatic nitrogens is 3. The maximum atomic E-state index is 13.0. The number of aliphatic hydroxyl groups is 1. The van der Waals surface area contributed by atoms with E-state index in [1.165, 1.54) is 0 Å². The highest BCUT2D eigenvalue weighted by atomic mass is 16.5. The van der Waals surface area contributed by atoms with Crippen molar-refractivity contribution in [2.24, 2.45) is 0 Å². The van der Waals surface area contributed by atoms with Gasteiger partial charge in [0, 0.05) is 18.7 Å². The summed E-state index contributed by atoms with van der Waals surface area (Å²) in [5.74, 6) is -1.11. The van der Waals surface area contributed by atoms with Crippen LogP contribution in [0.3, 0.4) is 0 Å². The van der Waals surface area contributed by atoms with E-state index < -0.39 is 24.0 Å². The van der Waals surface area contributed by atoms with Gasteiger partial charge in [-0.1, -0.05) is 60.7 Å². The topological polar surface area (TPSA) is 117 Å². The van der Waals surface area contributed by atoms with E-state index in [-0.39, 0.29) is 18.7 Å². The van der Waals surface area contributed by atoms with Crippen molar-refractivity contribution in [2.75, 3.05) is 6.61 Å². The lowest BCUT2D eigenvalue weighted by Gasteiger charge is -2.21. The van der Waals surface area contributed by atoms with Gasteiger partial charge in [-0.3, -0.25) is 14.9 Å². The molecular weight excluding hydrogens is 456 g/mol. The number of rotatable bonds is 10. The number of H-pyrrole nitrogens is 1. The van der Waals surface area contributed by atoms with E-state index in [0.29, 0.717) is 17.8 Å². The second-order valence-corrected chi connectivity index (χ2v) is 8.32. The molecule has 3 N–H and O–H groups in total. The van der Waals surface area contributed by atoms with E-state index >= 15 is 0 Å². The number of hydrogen-bond acceptors (Lipinski definition) is 6. The van der Waals surface area contributed by atoms with Crippen molar-refractivity contribution in [2.45, 2.75) is 31.9 Å². The maximum absolute atomic E-state index is 13.0. The predicted octanol–water partition coefficient (Wildman–Crippen LogP) is 3.79. The van der Waals surface area contributed by atoms with Gasteiger partial charge in [0.15, 0.2) is 6.10 Å². The van der Waals surface area contributed by atoms with Gasteiger partial charge in [0.05, 0.1) is 12.3 Å². The normalized spacial score (nSPS) is 12.5. The number of esters is 1. The van der Waals surface area contributed by atoms with Gasteiger partial charge in [0.2, 0.25) is 0 Å². The molecule has 2 heterocycles. The van der Waals surface area contributed by atoms with Crippen molar-refractivity contribution >= 4 is 11.9 Å². The number of aromatic amines is 1. The van der Waals surface area contributed by atoms with E-state index in [1.807, 2.05) is 60.7 Å². The lowest BCUT2D eigenvalue weighted by atomic mass is 9.97. The highest BCUT2D eigenvalue weighted by molar-refractivity contribution is 5.93. The zero-order valence-corrected chi connectivity index (χ0v) is 19.9. The van der Waals surface area contributed by atoms with Crippen molar-refractivity contribution in [3.63, 3.8) is 0 Å². The molecule has 0 saturated heterocycles. The fraction of sp³-hybridized carbons (Fsp3) is 0.214. The summed E-state index contributed by atoms with van der Waals surface area (Å²) in [6, 6.07) is 24.5. The number of carbonyl (C=O) groups is 2. The first-order chi connectivity index (χ1) is 17.5. The number of carbonyl (C=O) groups excluding carboxylic acids is 2. The fourth-order valence-corrected chi connectivity index (χ4v) is 3.89. The van der Waals surface area contributed by atoms with Gasteiger partial charge in [-0.25, -0.2) is 4.79 Å². The third kappa shape index (κ3) is 6.43. The number of nitrogens with zero attached hydrogens (tertiary/aromatic N) is 2. The molecule has 0 bridgehead atoms. The van der Waals surface area contributed by atoms with Crippen LogP contribution in [0.4, 0.5) is 0 Å². The molecule has 0 spiro atoms. The van der Waals surface area contributed by atoms with Crippen molar-refractivity contribution in [3.8, 4) is 22.5 Å². The van der Waals surface area contributed by atoms with Crippen LogP contribution >= 0.6 is 0 Å². The Morgan fingerprint density at radius 1 is 0.972 bits per heavy atom. The van der Waals surface area contributed by atoms with Crippen LogP contribution in [-0.2, 0) is 16.0 Å². The quantitative estimate of drug-likeness (QED) is 0.295. The number of ether oxygens (including phenoxy) is 1. The molecule has 0 unspecified atom stereocenters. The number of aliphatic hydroxyl groups excluding tert-OH is 1. The summed E-state index contributed by atoms with van der Waals surface area (Å²) in [5.41, 5.74) is 4.57.